The molecule has 10 nitrogen and oxygen atoms in total. The molecule has 0 saturated carbocycles. The third-order valence-corrected chi connectivity index (χ3v) is 5.61. The third kappa shape index (κ3) is 5.99. The van der Waals surface area contributed by atoms with Gasteiger partial charge in [-0.1, -0.05) is 0 Å². The van der Waals surface area contributed by atoms with Crippen molar-refractivity contribution in [2.45, 2.75) is 0 Å². The number of carbonyl (C=O) groups is 2. The van der Waals surface area contributed by atoms with E-state index in [4.69, 9.17) is 24.7 Å². The fourth-order valence-electron chi connectivity index (χ4n) is 3.67. The van der Waals surface area contributed by atoms with Crippen LogP contribution >= 0.6 is 0 Å². The summed E-state index contributed by atoms with van der Waals surface area (Å²) in [5.41, 5.74) is 6.46. The van der Waals surface area contributed by atoms with Crippen LogP contribution in [0, 0.1) is 5.82 Å². The Morgan fingerprint density at radius 2 is 1.36 bits per heavy atom. The summed E-state index contributed by atoms with van der Waals surface area (Å²) in [4.78, 5) is 29.7. The fraction of sp³-hybridized carbons (Fsp3) is 0.107. The van der Waals surface area contributed by atoms with Crippen LogP contribution in [0.4, 0.5) is 15.8 Å². The highest BCUT2D eigenvalue weighted by atomic mass is 19.1. The largest absolute Gasteiger partial charge is 0.493 e. The maximum atomic E-state index is 13.1. The van der Waals surface area contributed by atoms with Crippen molar-refractivity contribution in [2.75, 3.05) is 32.0 Å². The van der Waals surface area contributed by atoms with Gasteiger partial charge in [-0.2, -0.15) is 0 Å². The maximum Gasteiger partial charge on any atom is 0.262 e. The van der Waals surface area contributed by atoms with Crippen LogP contribution in [0.25, 0.3) is 10.9 Å². The number of hydrogen-bond donors (Lipinski definition) is 3. The van der Waals surface area contributed by atoms with E-state index in [0.717, 1.165) is 6.20 Å². The number of nitrogens with one attached hydrogen (secondary N) is 2. The number of benzene rings is 3. The lowest BCUT2D eigenvalue weighted by Crippen LogP contribution is -2.26. The van der Waals surface area contributed by atoms with E-state index >= 15 is 0 Å². The zero-order chi connectivity index (χ0) is 27.9. The molecule has 0 aliphatic carbocycles. The molecule has 200 valence electrons. The average molecular weight is 533 g/mol. The molecule has 39 heavy (non-hydrogen) atoms. The maximum absolute atomic E-state index is 13.1. The van der Waals surface area contributed by atoms with Gasteiger partial charge in [0, 0.05) is 41.3 Å². The lowest BCUT2D eigenvalue weighted by Gasteiger charge is -2.15. The van der Waals surface area contributed by atoms with Crippen molar-refractivity contribution < 1.29 is 32.9 Å². The highest BCUT2D eigenvalue weighted by Gasteiger charge is 2.20. The monoisotopic (exact) mass is 532 g/mol. The summed E-state index contributed by atoms with van der Waals surface area (Å²) in [5.74, 6) is 0.234. The van der Waals surface area contributed by atoms with Crippen LogP contribution in [-0.2, 0) is 9.59 Å². The lowest BCUT2D eigenvalue weighted by atomic mass is 10.1. The Hall–Kier alpha value is -5.32. The minimum absolute atomic E-state index is 0.302. The van der Waals surface area contributed by atoms with Crippen LogP contribution in [0.3, 0.4) is 0 Å². The highest BCUT2D eigenvalue weighted by molar-refractivity contribution is 6.26. The number of halogens is 1. The number of rotatable bonds is 9. The lowest BCUT2D eigenvalue weighted by molar-refractivity contribution is -0.118. The van der Waals surface area contributed by atoms with Gasteiger partial charge in [-0.05, 0) is 48.5 Å². The molecule has 0 bridgehead atoms. The number of aromatic nitrogens is 1. The molecule has 4 N–H and O–H groups in total. The molecule has 11 heteroatoms. The molecule has 0 fully saturated rings. The molecule has 0 atom stereocenters. The van der Waals surface area contributed by atoms with Gasteiger partial charge in [0.25, 0.3) is 11.8 Å². The molecular weight excluding hydrogens is 507 g/mol. The normalized spacial score (nSPS) is 11.0. The molecule has 4 rings (SSSR count). The number of nitrogens with zero attached hydrogens (tertiary/aromatic N) is 1. The van der Waals surface area contributed by atoms with Crippen LogP contribution in [-0.4, -0.2) is 38.1 Å². The molecule has 1 heterocycles. The number of hydrogen-bond acceptors (Lipinski definition) is 8. The number of pyridine rings is 1. The number of nitrogens with two attached hydrogens (primary N) is 1. The second-order valence-electron chi connectivity index (χ2n) is 8.00. The molecule has 4 aromatic rings. The summed E-state index contributed by atoms with van der Waals surface area (Å²) in [5, 5.41) is 5.78. The SMILES string of the molecule is COc1cc2nccc(Oc3ccc(NC(=O)/C(=C/N)C(=O)Nc4ccc(F)cc4)cc3OC)c2cc1OC. The first kappa shape index (κ1) is 26.7. The summed E-state index contributed by atoms with van der Waals surface area (Å²) < 4.78 is 35.5. The van der Waals surface area contributed by atoms with Crippen LogP contribution in [0.5, 0.6) is 28.7 Å². The summed E-state index contributed by atoms with van der Waals surface area (Å²) >= 11 is 0. The number of carbonyl (C=O) groups excluding carboxylic acids is 2. The van der Waals surface area contributed by atoms with E-state index in [1.807, 2.05) is 0 Å². The van der Waals surface area contributed by atoms with Gasteiger partial charge < -0.3 is 35.3 Å². The van der Waals surface area contributed by atoms with Crippen molar-refractivity contribution in [3.63, 3.8) is 0 Å². The van der Waals surface area contributed by atoms with E-state index in [1.165, 1.54) is 44.6 Å². The summed E-state index contributed by atoms with van der Waals surface area (Å²) in [6.45, 7) is 0. The molecule has 3 aromatic carbocycles. The predicted octanol–water partition coefficient (Wildman–Crippen LogP) is 4.61. The third-order valence-electron chi connectivity index (χ3n) is 5.61. The molecule has 0 aliphatic rings. The van der Waals surface area contributed by atoms with Crippen molar-refractivity contribution >= 4 is 34.1 Å². The quantitative estimate of drug-likeness (QED) is 0.162. The molecule has 0 unspecified atom stereocenters. The van der Waals surface area contributed by atoms with E-state index in [9.17, 15) is 14.0 Å². The summed E-state index contributed by atoms with van der Waals surface area (Å²) in [7, 11) is 4.53. The van der Waals surface area contributed by atoms with Gasteiger partial charge in [-0.15, -0.1) is 0 Å². The molecule has 0 spiro atoms. The van der Waals surface area contributed by atoms with Crippen molar-refractivity contribution in [3.8, 4) is 28.7 Å². The van der Waals surface area contributed by atoms with Crippen LogP contribution in [0.1, 0.15) is 0 Å². The predicted molar refractivity (Wildman–Crippen MR) is 144 cm³/mol. The average Bonchev–Trinajstić information content (AvgIpc) is 2.94. The minimum Gasteiger partial charge on any atom is -0.493 e. The Bertz CT molecular complexity index is 1560. The number of ether oxygens (including phenoxy) is 4. The number of methoxy groups -OCH3 is 3. The van der Waals surface area contributed by atoms with Crippen molar-refractivity contribution in [1.82, 2.24) is 4.98 Å². The zero-order valence-electron chi connectivity index (χ0n) is 21.3. The Kier molecular flexibility index (Phi) is 8.10. The Labute approximate surface area is 223 Å². The molecular formula is C28H25FN4O6. The van der Waals surface area contributed by atoms with E-state index in [0.29, 0.717) is 51.0 Å². The van der Waals surface area contributed by atoms with E-state index in [-0.39, 0.29) is 5.57 Å². The fourth-order valence-corrected chi connectivity index (χ4v) is 3.67. The first-order valence-electron chi connectivity index (χ1n) is 11.5. The van der Waals surface area contributed by atoms with Crippen molar-refractivity contribution in [1.29, 1.82) is 0 Å². The Morgan fingerprint density at radius 1 is 0.769 bits per heavy atom. The topological polar surface area (TPSA) is 134 Å². The second-order valence-corrected chi connectivity index (χ2v) is 8.00. The van der Waals surface area contributed by atoms with Gasteiger partial charge in [0.05, 0.1) is 26.8 Å². The molecule has 0 saturated heterocycles. The first-order chi connectivity index (χ1) is 18.9. The van der Waals surface area contributed by atoms with Crippen molar-refractivity contribution in [3.05, 3.63) is 84.5 Å². The zero-order valence-corrected chi connectivity index (χ0v) is 21.3. The van der Waals surface area contributed by atoms with Gasteiger partial charge in [0.1, 0.15) is 17.1 Å². The van der Waals surface area contributed by atoms with Gasteiger partial charge in [0.15, 0.2) is 23.0 Å². The van der Waals surface area contributed by atoms with E-state index in [1.54, 1.807) is 43.6 Å². The second kappa shape index (κ2) is 11.8. The summed E-state index contributed by atoms with van der Waals surface area (Å²) in [6.07, 6.45) is 2.49. The van der Waals surface area contributed by atoms with E-state index in [2.05, 4.69) is 15.6 Å². The van der Waals surface area contributed by atoms with Gasteiger partial charge in [-0.3, -0.25) is 14.6 Å². The summed E-state index contributed by atoms with van der Waals surface area (Å²) in [6, 6.07) is 15.0. The van der Waals surface area contributed by atoms with Crippen LogP contribution in [0.15, 0.2) is 78.6 Å². The van der Waals surface area contributed by atoms with Crippen LogP contribution in [0.2, 0.25) is 0 Å². The van der Waals surface area contributed by atoms with Crippen molar-refractivity contribution in [2.24, 2.45) is 5.73 Å². The highest BCUT2D eigenvalue weighted by Crippen LogP contribution is 2.39. The number of fused-ring (bicyclic) bond motifs is 1. The number of amides is 2. The Morgan fingerprint density at radius 3 is 2.00 bits per heavy atom. The smallest absolute Gasteiger partial charge is 0.262 e. The van der Waals surface area contributed by atoms with Gasteiger partial charge in [-0.25, -0.2) is 4.39 Å². The molecule has 1 aromatic heterocycles. The Balaban J connectivity index is 1.53. The molecule has 0 aliphatic heterocycles. The van der Waals surface area contributed by atoms with E-state index < -0.39 is 17.6 Å². The van der Waals surface area contributed by atoms with Gasteiger partial charge in [0.2, 0.25) is 0 Å². The molecule has 0 radical (unpaired) electrons. The minimum atomic E-state index is -0.759. The standard InChI is InChI=1S/C28H25FN4O6/c1-36-24-12-18(33-28(35)20(15-30)27(34)32-17-6-4-16(29)5-7-17)8-9-23(24)39-22-10-11-31-21-14-26(38-3)25(37-2)13-19(21)22/h4-15H,30H2,1-3H3,(H,32,34)(H,33,35)/b20-15+. The first-order valence-corrected chi connectivity index (χ1v) is 11.5. The van der Waals surface area contributed by atoms with Gasteiger partial charge >= 0.3 is 0 Å². The molecule has 2 amide bonds. The van der Waals surface area contributed by atoms with Crippen LogP contribution < -0.4 is 35.3 Å². The number of anilines is 2.